The van der Waals surface area contributed by atoms with E-state index in [1.54, 1.807) is 0 Å². The molecule has 0 amide bonds. The van der Waals surface area contributed by atoms with Gasteiger partial charge in [-0.25, -0.2) is 0 Å². The van der Waals surface area contributed by atoms with Gasteiger partial charge in [-0.2, -0.15) is 0 Å². The van der Waals surface area contributed by atoms with Gasteiger partial charge in [-0.1, -0.05) is 38.4 Å². The molecule has 1 nitrogen and oxygen atoms in total. The summed E-state index contributed by atoms with van der Waals surface area (Å²) < 4.78 is 7.31. The highest BCUT2D eigenvalue weighted by Crippen LogP contribution is 2.40. The molecule has 0 spiro atoms. The molecule has 0 fully saturated rings. The second kappa shape index (κ2) is 4.86. The summed E-state index contributed by atoms with van der Waals surface area (Å²) in [5, 5.41) is 0.895. The highest BCUT2D eigenvalue weighted by atomic mass is 127. The number of rotatable bonds is 2. The van der Waals surface area contributed by atoms with Gasteiger partial charge in [-0.05, 0) is 52.9 Å². The van der Waals surface area contributed by atoms with E-state index in [0.29, 0.717) is 5.02 Å². The van der Waals surface area contributed by atoms with Crippen LogP contribution in [-0.2, 0) is 0 Å². The SMILES string of the molecule is CC(C)(C)[Si](C)(C)Oc1c(Cl)cccc1I. The molecule has 0 unspecified atom stereocenters. The van der Waals surface area contributed by atoms with Crippen molar-refractivity contribution in [1.29, 1.82) is 0 Å². The minimum atomic E-state index is -1.80. The molecule has 16 heavy (non-hydrogen) atoms. The van der Waals surface area contributed by atoms with Crippen LogP contribution in [0.4, 0.5) is 0 Å². The number of halogens is 2. The first-order valence-corrected chi connectivity index (χ1v) is 9.65. The van der Waals surface area contributed by atoms with Crippen molar-refractivity contribution >= 4 is 42.5 Å². The third kappa shape index (κ3) is 3.14. The zero-order chi connectivity index (χ0) is 12.6. The molecule has 0 saturated carbocycles. The number of benzene rings is 1. The Morgan fingerprint density at radius 1 is 1.25 bits per heavy atom. The number of hydrogen-bond acceptors (Lipinski definition) is 1. The van der Waals surface area contributed by atoms with E-state index in [0.717, 1.165) is 9.32 Å². The van der Waals surface area contributed by atoms with Crippen LogP contribution in [0.1, 0.15) is 20.8 Å². The minimum Gasteiger partial charge on any atom is -0.542 e. The van der Waals surface area contributed by atoms with Crippen LogP contribution in [-0.4, -0.2) is 8.32 Å². The molecule has 0 aliphatic carbocycles. The Hall–Kier alpha value is 0.257. The van der Waals surface area contributed by atoms with Crippen molar-refractivity contribution in [3.63, 3.8) is 0 Å². The fraction of sp³-hybridized carbons (Fsp3) is 0.500. The Morgan fingerprint density at radius 2 is 1.81 bits per heavy atom. The van der Waals surface area contributed by atoms with Crippen LogP contribution in [0.2, 0.25) is 23.2 Å². The van der Waals surface area contributed by atoms with Crippen molar-refractivity contribution < 1.29 is 4.43 Å². The molecule has 4 heteroatoms. The number of hydrogen-bond donors (Lipinski definition) is 0. The monoisotopic (exact) mass is 368 g/mol. The molecular weight excluding hydrogens is 351 g/mol. The zero-order valence-corrected chi connectivity index (χ0v) is 14.3. The third-order valence-electron chi connectivity index (χ3n) is 3.08. The van der Waals surface area contributed by atoms with Gasteiger partial charge in [0.05, 0.1) is 8.59 Å². The van der Waals surface area contributed by atoms with Gasteiger partial charge in [0.25, 0.3) is 8.32 Å². The Morgan fingerprint density at radius 3 is 2.25 bits per heavy atom. The van der Waals surface area contributed by atoms with Crippen LogP contribution >= 0.6 is 34.2 Å². The minimum absolute atomic E-state index is 0.190. The first-order chi connectivity index (χ1) is 7.15. The van der Waals surface area contributed by atoms with Gasteiger partial charge in [0.1, 0.15) is 5.75 Å². The van der Waals surface area contributed by atoms with Gasteiger partial charge >= 0.3 is 0 Å². The Balaban J connectivity index is 3.06. The first kappa shape index (κ1) is 14.3. The lowest BCUT2D eigenvalue weighted by Crippen LogP contribution is -2.44. The van der Waals surface area contributed by atoms with Crippen molar-refractivity contribution in [3.05, 3.63) is 26.8 Å². The quantitative estimate of drug-likeness (QED) is 0.506. The van der Waals surface area contributed by atoms with Crippen LogP contribution in [0, 0.1) is 3.57 Å². The topological polar surface area (TPSA) is 9.23 Å². The molecule has 0 bridgehead atoms. The largest absolute Gasteiger partial charge is 0.542 e. The molecule has 0 N–H and O–H groups in total. The van der Waals surface area contributed by atoms with Gasteiger partial charge in [-0.3, -0.25) is 0 Å². The maximum absolute atomic E-state index is 6.23. The van der Waals surface area contributed by atoms with E-state index in [-0.39, 0.29) is 5.04 Å². The molecule has 1 aromatic carbocycles. The van der Waals surface area contributed by atoms with Crippen molar-refractivity contribution in [3.8, 4) is 5.75 Å². The highest BCUT2D eigenvalue weighted by Gasteiger charge is 2.39. The molecule has 0 saturated heterocycles. The van der Waals surface area contributed by atoms with E-state index in [4.69, 9.17) is 16.0 Å². The standard InChI is InChI=1S/C12H18ClIOSi/c1-12(2,3)16(4,5)15-11-9(13)7-6-8-10(11)14/h6-8H,1-5H3. The molecule has 90 valence electrons. The normalized spacial score (nSPS) is 12.7. The van der Waals surface area contributed by atoms with Crippen LogP contribution in [0.5, 0.6) is 5.75 Å². The molecule has 0 aliphatic rings. The van der Waals surface area contributed by atoms with Crippen molar-refractivity contribution in [1.82, 2.24) is 0 Å². The first-order valence-electron chi connectivity index (χ1n) is 5.28. The lowest BCUT2D eigenvalue weighted by atomic mass is 10.2. The summed E-state index contributed by atoms with van der Waals surface area (Å²) in [7, 11) is -1.80. The summed E-state index contributed by atoms with van der Waals surface area (Å²) in [4.78, 5) is 0. The molecular formula is C12H18ClIOSi. The van der Waals surface area contributed by atoms with Crippen LogP contribution in [0.25, 0.3) is 0 Å². The Bertz CT molecular complexity index is 365. The molecule has 0 atom stereocenters. The summed E-state index contributed by atoms with van der Waals surface area (Å²) in [6, 6.07) is 5.85. The maximum atomic E-state index is 6.23. The van der Waals surface area contributed by atoms with Crippen molar-refractivity contribution in [2.45, 2.75) is 38.9 Å². The lowest BCUT2D eigenvalue weighted by Gasteiger charge is -2.37. The predicted octanol–water partition coefficient (Wildman–Crippen LogP) is 5.33. The Kier molecular flexibility index (Phi) is 4.35. The molecule has 0 heterocycles. The maximum Gasteiger partial charge on any atom is 0.250 e. The summed E-state index contributed by atoms with van der Waals surface area (Å²) in [6.07, 6.45) is 0. The third-order valence-corrected chi connectivity index (χ3v) is 8.56. The molecule has 1 aromatic rings. The van der Waals surface area contributed by atoms with E-state index in [2.05, 4.69) is 56.5 Å². The average Bonchev–Trinajstić information content (AvgIpc) is 2.10. The molecule has 1 rings (SSSR count). The summed E-state index contributed by atoms with van der Waals surface area (Å²) >= 11 is 8.45. The van der Waals surface area contributed by atoms with Crippen molar-refractivity contribution in [2.24, 2.45) is 0 Å². The van der Waals surface area contributed by atoms with E-state index < -0.39 is 8.32 Å². The van der Waals surface area contributed by atoms with E-state index in [1.807, 2.05) is 18.2 Å². The van der Waals surface area contributed by atoms with E-state index in [9.17, 15) is 0 Å². The second-order valence-electron chi connectivity index (χ2n) is 5.41. The van der Waals surface area contributed by atoms with Crippen molar-refractivity contribution in [2.75, 3.05) is 0 Å². The molecule has 0 radical (unpaired) electrons. The fourth-order valence-corrected chi connectivity index (χ4v) is 3.28. The van der Waals surface area contributed by atoms with Gasteiger partial charge < -0.3 is 4.43 Å². The van der Waals surface area contributed by atoms with Gasteiger partial charge in [0.2, 0.25) is 0 Å². The average molecular weight is 369 g/mol. The predicted molar refractivity (Wildman–Crippen MR) is 82.0 cm³/mol. The van der Waals surface area contributed by atoms with Gasteiger partial charge in [-0.15, -0.1) is 0 Å². The second-order valence-corrected chi connectivity index (χ2v) is 11.7. The Labute approximate surface area is 118 Å². The molecule has 0 aliphatic heterocycles. The highest BCUT2D eigenvalue weighted by molar-refractivity contribution is 14.1. The fourth-order valence-electron chi connectivity index (χ4n) is 0.988. The summed E-state index contributed by atoms with van der Waals surface area (Å²) in [5.74, 6) is 0.844. The van der Waals surface area contributed by atoms with Gasteiger partial charge in [0.15, 0.2) is 0 Å². The lowest BCUT2D eigenvalue weighted by molar-refractivity contribution is 0.490. The van der Waals surface area contributed by atoms with Crippen LogP contribution in [0.3, 0.4) is 0 Å². The van der Waals surface area contributed by atoms with E-state index in [1.165, 1.54) is 0 Å². The molecule has 0 aromatic heterocycles. The van der Waals surface area contributed by atoms with E-state index >= 15 is 0 Å². The summed E-state index contributed by atoms with van der Waals surface area (Å²) in [5.41, 5.74) is 0. The smallest absolute Gasteiger partial charge is 0.250 e. The summed E-state index contributed by atoms with van der Waals surface area (Å²) in [6.45, 7) is 11.1. The van der Waals surface area contributed by atoms with Gasteiger partial charge in [0, 0.05) is 0 Å². The zero-order valence-electron chi connectivity index (χ0n) is 10.4. The van der Waals surface area contributed by atoms with Crippen LogP contribution < -0.4 is 4.43 Å². The number of para-hydroxylation sites is 1. The van der Waals surface area contributed by atoms with Crippen LogP contribution in [0.15, 0.2) is 18.2 Å².